The molecule has 0 aromatic rings. The fourth-order valence-corrected chi connectivity index (χ4v) is 2.33. The van der Waals surface area contributed by atoms with E-state index in [1.165, 1.54) is 0 Å². The van der Waals surface area contributed by atoms with E-state index in [2.05, 4.69) is 5.32 Å². The first-order valence-electron chi connectivity index (χ1n) is 6.06. The van der Waals surface area contributed by atoms with Crippen molar-refractivity contribution in [3.05, 3.63) is 10.9 Å². The average molecular weight is 295 g/mol. The molecule has 19 heavy (non-hydrogen) atoms. The molecule has 0 aliphatic carbocycles. The quantitative estimate of drug-likeness (QED) is 0.527. The largest absolute Gasteiger partial charge is 0.395 e. The smallest absolute Gasteiger partial charge is 0.270 e. The monoisotopic (exact) mass is 294 g/mol. The minimum Gasteiger partial charge on any atom is -0.395 e. The van der Waals surface area contributed by atoms with E-state index in [0.717, 1.165) is 6.21 Å². The van der Waals surface area contributed by atoms with Crippen molar-refractivity contribution in [1.29, 1.82) is 5.41 Å². The SMILES string of the molecule is N=C/C(N)=C(/Cl)NC1CN(C2COC2)CCC1(F)F. The third kappa shape index (κ3) is 3.16. The summed E-state index contributed by atoms with van der Waals surface area (Å²) in [5.74, 6) is -2.84. The number of nitrogens with two attached hydrogens (primary N) is 1. The second kappa shape index (κ2) is 5.60. The van der Waals surface area contributed by atoms with Crippen LogP contribution in [-0.4, -0.2) is 55.4 Å². The van der Waals surface area contributed by atoms with E-state index in [9.17, 15) is 8.78 Å². The first kappa shape index (κ1) is 14.5. The molecule has 0 radical (unpaired) electrons. The number of halogens is 3. The average Bonchev–Trinajstić information content (AvgIpc) is 2.30. The normalized spacial score (nSPS) is 29.3. The van der Waals surface area contributed by atoms with Crippen LogP contribution in [0.1, 0.15) is 6.42 Å². The number of rotatable bonds is 4. The van der Waals surface area contributed by atoms with Gasteiger partial charge in [-0.05, 0) is 0 Å². The molecule has 2 heterocycles. The summed E-state index contributed by atoms with van der Waals surface area (Å²) in [4.78, 5) is 1.98. The molecule has 4 N–H and O–H groups in total. The zero-order valence-electron chi connectivity index (χ0n) is 10.3. The highest BCUT2D eigenvalue weighted by atomic mass is 35.5. The van der Waals surface area contributed by atoms with E-state index in [1.54, 1.807) is 0 Å². The molecule has 5 nitrogen and oxygen atoms in total. The predicted octanol–water partition coefficient (Wildman–Crippen LogP) is 0.701. The van der Waals surface area contributed by atoms with Gasteiger partial charge < -0.3 is 21.2 Å². The van der Waals surface area contributed by atoms with Crippen molar-refractivity contribution in [2.45, 2.75) is 24.4 Å². The van der Waals surface area contributed by atoms with Crippen molar-refractivity contribution >= 4 is 17.8 Å². The van der Waals surface area contributed by atoms with Crippen LogP contribution in [0.5, 0.6) is 0 Å². The Morgan fingerprint density at radius 3 is 2.74 bits per heavy atom. The molecule has 2 fully saturated rings. The van der Waals surface area contributed by atoms with Crippen molar-refractivity contribution in [2.24, 2.45) is 5.73 Å². The number of hydrogen-bond donors (Lipinski definition) is 3. The molecule has 2 aliphatic rings. The highest BCUT2D eigenvalue weighted by molar-refractivity contribution is 6.30. The number of nitrogens with zero attached hydrogens (tertiary/aromatic N) is 1. The summed E-state index contributed by atoms with van der Waals surface area (Å²) < 4.78 is 32.8. The Bertz CT molecular complexity index is 387. The maximum atomic E-state index is 13.9. The standard InChI is InChI=1S/C11H17ClF2N4O/c12-10(8(16)3-15)17-9-4-18(7-5-19-6-7)2-1-11(9,13)14/h3,7,9,15,17H,1-2,4-6,16H2/b10-8+,15-3?. The van der Waals surface area contributed by atoms with Gasteiger partial charge in [0.15, 0.2) is 0 Å². The first-order chi connectivity index (χ1) is 8.94. The molecule has 2 aliphatic heterocycles. The summed E-state index contributed by atoms with van der Waals surface area (Å²) in [6.07, 6.45) is 0.601. The van der Waals surface area contributed by atoms with Crippen LogP contribution >= 0.6 is 11.6 Å². The van der Waals surface area contributed by atoms with Crippen molar-refractivity contribution in [3.63, 3.8) is 0 Å². The third-order valence-electron chi connectivity index (χ3n) is 3.51. The van der Waals surface area contributed by atoms with Crippen molar-refractivity contribution < 1.29 is 13.5 Å². The molecule has 0 aromatic carbocycles. The number of likely N-dealkylation sites (tertiary alicyclic amines) is 1. The molecule has 0 spiro atoms. The van der Waals surface area contributed by atoms with Gasteiger partial charge >= 0.3 is 0 Å². The number of ether oxygens (including phenoxy) is 1. The number of alkyl halides is 2. The van der Waals surface area contributed by atoms with Crippen LogP contribution in [0, 0.1) is 5.41 Å². The lowest BCUT2D eigenvalue weighted by Crippen LogP contribution is -2.62. The molecule has 1 unspecified atom stereocenters. The van der Waals surface area contributed by atoms with Crippen LogP contribution in [0.15, 0.2) is 10.9 Å². The predicted molar refractivity (Wildman–Crippen MR) is 68.5 cm³/mol. The van der Waals surface area contributed by atoms with E-state index in [1.807, 2.05) is 4.90 Å². The minimum absolute atomic E-state index is 0.0541. The van der Waals surface area contributed by atoms with Crippen LogP contribution < -0.4 is 11.1 Å². The molecule has 0 bridgehead atoms. The Kier molecular flexibility index (Phi) is 4.27. The fourth-order valence-electron chi connectivity index (χ4n) is 2.14. The van der Waals surface area contributed by atoms with Gasteiger partial charge in [0, 0.05) is 25.7 Å². The van der Waals surface area contributed by atoms with Crippen LogP contribution in [0.3, 0.4) is 0 Å². The van der Waals surface area contributed by atoms with E-state index >= 15 is 0 Å². The zero-order valence-corrected chi connectivity index (χ0v) is 11.1. The molecule has 108 valence electrons. The Morgan fingerprint density at radius 1 is 1.53 bits per heavy atom. The fraction of sp³-hybridized carbons (Fsp3) is 0.727. The van der Waals surface area contributed by atoms with Gasteiger partial charge in [-0.3, -0.25) is 4.90 Å². The van der Waals surface area contributed by atoms with Gasteiger partial charge in [0.25, 0.3) is 5.92 Å². The van der Waals surface area contributed by atoms with Gasteiger partial charge in [0.1, 0.15) is 11.2 Å². The van der Waals surface area contributed by atoms with E-state index in [4.69, 9.17) is 27.5 Å². The van der Waals surface area contributed by atoms with Crippen LogP contribution in [0.25, 0.3) is 0 Å². The number of nitrogens with one attached hydrogen (secondary N) is 2. The molecule has 8 heteroatoms. The summed E-state index contributed by atoms with van der Waals surface area (Å²) >= 11 is 5.78. The lowest BCUT2D eigenvalue weighted by molar-refractivity contribution is -0.126. The summed E-state index contributed by atoms with van der Waals surface area (Å²) in [5, 5.41) is 9.38. The van der Waals surface area contributed by atoms with E-state index < -0.39 is 12.0 Å². The topological polar surface area (TPSA) is 74.4 Å². The molecule has 0 saturated carbocycles. The van der Waals surface area contributed by atoms with Crippen molar-refractivity contribution in [3.8, 4) is 0 Å². The van der Waals surface area contributed by atoms with Gasteiger partial charge in [-0.1, -0.05) is 11.6 Å². The Labute approximate surface area is 115 Å². The number of piperidine rings is 1. The van der Waals surface area contributed by atoms with Crippen LogP contribution in [0.2, 0.25) is 0 Å². The summed E-state index contributed by atoms with van der Waals surface area (Å²) in [5.41, 5.74) is 5.36. The Morgan fingerprint density at radius 2 is 2.21 bits per heavy atom. The first-order valence-corrected chi connectivity index (χ1v) is 6.43. The zero-order chi connectivity index (χ0) is 14.0. The third-order valence-corrected chi connectivity index (χ3v) is 3.83. The van der Waals surface area contributed by atoms with Gasteiger partial charge in [-0.2, -0.15) is 0 Å². The van der Waals surface area contributed by atoms with E-state index in [0.29, 0.717) is 19.8 Å². The lowest BCUT2D eigenvalue weighted by Gasteiger charge is -2.45. The van der Waals surface area contributed by atoms with Gasteiger partial charge in [-0.15, -0.1) is 0 Å². The van der Waals surface area contributed by atoms with Gasteiger partial charge in [0.05, 0.1) is 25.0 Å². The minimum atomic E-state index is -2.84. The van der Waals surface area contributed by atoms with Gasteiger partial charge in [0.2, 0.25) is 0 Å². The second-order valence-corrected chi connectivity index (χ2v) is 5.19. The van der Waals surface area contributed by atoms with Crippen LogP contribution in [0.4, 0.5) is 8.78 Å². The van der Waals surface area contributed by atoms with E-state index in [-0.39, 0.29) is 29.9 Å². The maximum Gasteiger partial charge on any atom is 0.270 e. The molecule has 2 rings (SSSR count). The molecule has 0 amide bonds. The summed E-state index contributed by atoms with van der Waals surface area (Å²) in [7, 11) is 0. The summed E-state index contributed by atoms with van der Waals surface area (Å²) in [6.45, 7) is 1.71. The summed E-state index contributed by atoms with van der Waals surface area (Å²) in [6, 6.07) is -0.893. The number of hydrogen-bond acceptors (Lipinski definition) is 5. The van der Waals surface area contributed by atoms with Gasteiger partial charge in [-0.25, -0.2) is 8.78 Å². The highest BCUT2D eigenvalue weighted by Crippen LogP contribution is 2.31. The molecule has 1 atom stereocenters. The maximum absolute atomic E-state index is 13.9. The number of allylic oxidation sites excluding steroid dienone is 1. The van der Waals surface area contributed by atoms with Crippen LogP contribution in [-0.2, 0) is 4.74 Å². The Hall–Kier alpha value is -0.920. The Balaban J connectivity index is 2.03. The lowest BCUT2D eigenvalue weighted by atomic mass is 9.99. The highest BCUT2D eigenvalue weighted by Gasteiger charge is 2.46. The molecular formula is C11H17ClF2N4O. The molecular weight excluding hydrogens is 278 g/mol. The second-order valence-electron chi connectivity index (χ2n) is 4.81. The van der Waals surface area contributed by atoms with Crippen molar-refractivity contribution in [1.82, 2.24) is 10.2 Å². The molecule has 0 aromatic heterocycles. The van der Waals surface area contributed by atoms with Crippen molar-refractivity contribution in [2.75, 3.05) is 26.3 Å². The molecule has 2 saturated heterocycles.